The van der Waals surface area contributed by atoms with Gasteiger partial charge < -0.3 is 9.26 Å². The normalized spacial score (nSPS) is 17.2. The van der Waals surface area contributed by atoms with Crippen LogP contribution in [0.3, 0.4) is 0 Å². The van der Waals surface area contributed by atoms with Crippen molar-refractivity contribution < 1.29 is 9.26 Å². The number of aromatic nitrogens is 3. The molecule has 2 aromatic rings. The van der Waals surface area contributed by atoms with E-state index in [1.54, 1.807) is 18.4 Å². The van der Waals surface area contributed by atoms with Crippen LogP contribution in [0.15, 0.2) is 9.90 Å². The second-order valence-corrected chi connectivity index (χ2v) is 6.39. The first-order chi connectivity index (χ1) is 10.7. The molecule has 0 aromatic carbocycles. The summed E-state index contributed by atoms with van der Waals surface area (Å²) in [5.41, 5.74) is 1.14. The molecule has 0 N–H and O–H groups in total. The molecule has 1 aliphatic rings. The lowest BCUT2D eigenvalue weighted by atomic mass is 10.3. The highest BCUT2D eigenvalue weighted by Gasteiger charge is 2.19. The van der Waals surface area contributed by atoms with Crippen molar-refractivity contribution in [3.05, 3.63) is 27.8 Å². The molecule has 0 amide bonds. The summed E-state index contributed by atoms with van der Waals surface area (Å²) in [6.07, 6.45) is 0. The molecule has 0 bridgehead atoms. The zero-order valence-corrected chi connectivity index (χ0v) is 13.8. The van der Waals surface area contributed by atoms with Crippen molar-refractivity contribution in [1.29, 1.82) is 0 Å². The van der Waals surface area contributed by atoms with Gasteiger partial charge in [-0.3, -0.25) is 9.80 Å². The minimum absolute atomic E-state index is 0.600. The quantitative estimate of drug-likeness (QED) is 0.793. The van der Waals surface area contributed by atoms with Gasteiger partial charge in [-0.25, -0.2) is 4.98 Å². The second-order valence-electron chi connectivity index (χ2n) is 5.45. The van der Waals surface area contributed by atoms with Gasteiger partial charge in [0.25, 0.3) is 0 Å². The molecular formula is C14H21N5O2S. The van der Waals surface area contributed by atoms with Crippen molar-refractivity contribution in [2.45, 2.75) is 26.6 Å². The fraction of sp³-hybridized carbons (Fsp3) is 0.643. The molecule has 22 heavy (non-hydrogen) atoms. The molecule has 0 radical (unpaired) electrons. The summed E-state index contributed by atoms with van der Waals surface area (Å²) >= 11 is 1.67. The second kappa shape index (κ2) is 7.28. The topological polar surface area (TPSA) is 67.5 Å². The predicted molar refractivity (Wildman–Crippen MR) is 82.4 cm³/mol. The monoisotopic (exact) mass is 323 g/mol. The first kappa shape index (κ1) is 15.5. The number of methoxy groups -OCH3 is 1. The van der Waals surface area contributed by atoms with E-state index in [9.17, 15) is 0 Å². The standard InChI is InChI=1S/C14H21N5O2S/c1-11-15-13(17-21-11)8-19-5-3-18(4-6-19)7-12-10-22-14(16-12)9-20-2/h10H,3-9H2,1-2H3. The third kappa shape index (κ3) is 4.10. The Morgan fingerprint density at radius 2 is 1.91 bits per heavy atom. The van der Waals surface area contributed by atoms with E-state index >= 15 is 0 Å². The SMILES string of the molecule is COCc1nc(CN2CCN(Cc3noc(C)n3)CC2)cs1. The smallest absolute Gasteiger partial charge is 0.223 e. The molecule has 0 saturated carbocycles. The maximum atomic E-state index is 5.11. The molecule has 0 atom stereocenters. The van der Waals surface area contributed by atoms with Crippen LogP contribution in [0.4, 0.5) is 0 Å². The maximum Gasteiger partial charge on any atom is 0.223 e. The minimum Gasteiger partial charge on any atom is -0.378 e. The lowest BCUT2D eigenvalue weighted by Crippen LogP contribution is -2.45. The van der Waals surface area contributed by atoms with E-state index < -0.39 is 0 Å². The van der Waals surface area contributed by atoms with Crippen LogP contribution in [-0.2, 0) is 24.4 Å². The Morgan fingerprint density at radius 3 is 2.55 bits per heavy atom. The third-order valence-corrected chi connectivity index (χ3v) is 4.52. The largest absolute Gasteiger partial charge is 0.378 e. The molecule has 1 saturated heterocycles. The summed E-state index contributed by atoms with van der Waals surface area (Å²) < 4.78 is 10.1. The lowest BCUT2D eigenvalue weighted by molar-refractivity contribution is 0.118. The molecule has 0 unspecified atom stereocenters. The van der Waals surface area contributed by atoms with Gasteiger partial charge in [-0.15, -0.1) is 11.3 Å². The summed E-state index contributed by atoms with van der Waals surface area (Å²) in [5, 5.41) is 7.13. The van der Waals surface area contributed by atoms with Crippen LogP contribution in [0.25, 0.3) is 0 Å². The van der Waals surface area contributed by atoms with Crippen molar-refractivity contribution in [1.82, 2.24) is 24.9 Å². The van der Waals surface area contributed by atoms with E-state index in [4.69, 9.17) is 9.26 Å². The van der Waals surface area contributed by atoms with Gasteiger partial charge in [0.2, 0.25) is 5.89 Å². The van der Waals surface area contributed by atoms with Crippen molar-refractivity contribution in [2.75, 3.05) is 33.3 Å². The molecule has 7 nitrogen and oxygen atoms in total. The van der Waals surface area contributed by atoms with Crippen LogP contribution in [0.5, 0.6) is 0 Å². The molecule has 3 rings (SSSR count). The summed E-state index contributed by atoms with van der Waals surface area (Å²) in [5.74, 6) is 1.40. The van der Waals surface area contributed by atoms with E-state index in [-0.39, 0.29) is 0 Å². The zero-order valence-electron chi connectivity index (χ0n) is 13.0. The van der Waals surface area contributed by atoms with Gasteiger partial charge in [0.1, 0.15) is 5.01 Å². The fourth-order valence-electron chi connectivity index (χ4n) is 2.55. The molecule has 0 aliphatic carbocycles. The highest BCUT2D eigenvalue weighted by Crippen LogP contribution is 2.14. The number of thiazole rings is 1. The Kier molecular flexibility index (Phi) is 5.14. The maximum absolute atomic E-state index is 5.11. The molecular weight excluding hydrogens is 302 g/mol. The Hall–Kier alpha value is -1.35. The molecule has 1 aliphatic heterocycles. The average molecular weight is 323 g/mol. The number of ether oxygens (including phenoxy) is 1. The van der Waals surface area contributed by atoms with Crippen LogP contribution in [-0.4, -0.2) is 58.2 Å². The van der Waals surface area contributed by atoms with Crippen molar-refractivity contribution >= 4 is 11.3 Å². The number of nitrogens with zero attached hydrogens (tertiary/aromatic N) is 5. The summed E-state index contributed by atoms with van der Waals surface area (Å²) in [6, 6.07) is 0. The first-order valence-electron chi connectivity index (χ1n) is 7.39. The predicted octanol–water partition coefficient (Wildman–Crippen LogP) is 1.30. The van der Waals surface area contributed by atoms with Crippen LogP contribution in [0, 0.1) is 6.92 Å². The number of hydrogen-bond donors (Lipinski definition) is 0. The Bertz CT molecular complexity index is 592. The Morgan fingerprint density at radius 1 is 1.18 bits per heavy atom. The van der Waals surface area contributed by atoms with E-state index in [1.807, 2.05) is 6.92 Å². The molecule has 8 heteroatoms. The average Bonchev–Trinajstić information content (AvgIpc) is 3.11. The molecule has 3 heterocycles. The Balaban J connectivity index is 1.44. The van der Waals surface area contributed by atoms with Crippen LogP contribution in [0.1, 0.15) is 22.4 Å². The highest BCUT2D eigenvalue weighted by molar-refractivity contribution is 7.09. The zero-order chi connectivity index (χ0) is 15.4. The number of hydrogen-bond acceptors (Lipinski definition) is 8. The third-order valence-electron chi connectivity index (χ3n) is 3.65. The van der Waals surface area contributed by atoms with Gasteiger partial charge in [-0.1, -0.05) is 5.16 Å². The van der Waals surface area contributed by atoms with E-state index in [0.717, 1.165) is 55.8 Å². The fourth-order valence-corrected chi connectivity index (χ4v) is 3.31. The van der Waals surface area contributed by atoms with Gasteiger partial charge in [-0.2, -0.15) is 4.98 Å². The highest BCUT2D eigenvalue weighted by atomic mass is 32.1. The molecule has 120 valence electrons. The molecule has 2 aromatic heterocycles. The van der Waals surface area contributed by atoms with E-state index in [1.165, 1.54) is 0 Å². The summed E-state index contributed by atoms with van der Waals surface area (Å²) in [4.78, 5) is 13.6. The van der Waals surface area contributed by atoms with Crippen molar-refractivity contribution in [3.63, 3.8) is 0 Å². The number of piperazine rings is 1. The van der Waals surface area contributed by atoms with Crippen molar-refractivity contribution in [2.24, 2.45) is 0 Å². The lowest BCUT2D eigenvalue weighted by Gasteiger charge is -2.33. The summed E-state index contributed by atoms with van der Waals surface area (Å²) in [7, 11) is 1.70. The van der Waals surface area contributed by atoms with Gasteiger partial charge in [0.05, 0.1) is 18.8 Å². The number of rotatable bonds is 6. The van der Waals surface area contributed by atoms with E-state index in [0.29, 0.717) is 12.5 Å². The minimum atomic E-state index is 0.600. The van der Waals surface area contributed by atoms with Crippen LogP contribution < -0.4 is 0 Å². The molecule has 1 fully saturated rings. The van der Waals surface area contributed by atoms with Crippen LogP contribution >= 0.6 is 11.3 Å². The molecule has 0 spiro atoms. The van der Waals surface area contributed by atoms with Crippen molar-refractivity contribution in [3.8, 4) is 0 Å². The Labute approximate surface area is 133 Å². The first-order valence-corrected chi connectivity index (χ1v) is 8.27. The van der Waals surface area contributed by atoms with Gasteiger partial charge in [0.15, 0.2) is 5.82 Å². The van der Waals surface area contributed by atoms with Gasteiger partial charge in [-0.05, 0) is 0 Å². The number of aryl methyl sites for hydroxylation is 1. The van der Waals surface area contributed by atoms with Gasteiger partial charge in [0, 0.05) is 52.1 Å². The van der Waals surface area contributed by atoms with Crippen LogP contribution in [0.2, 0.25) is 0 Å². The van der Waals surface area contributed by atoms with Gasteiger partial charge >= 0.3 is 0 Å². The summed E-state index contributed by atoms with van der Waals surface area (Å²) in [6.45, 7) is 8.20. The van der Waals surface area contributed by atoms with E-state index in [2.05, 4.69) is 30.3 Å².